The SMILES string of the molecule is COc1cc(O)c(C(O)CN)cc1C#N. The zero-order valence-electron chi connectivity index (χ0n) is 8.27. The molecule has 0 fully saturated rings. The van der Waals surface area contributed by atoms with Gasteiger partial charge in [0.2, 0.25) is 0 Å². The summed E-state index contributed by atoms with van der Waals surface area (Å²) in [4.78, 5) is 0. The Morgan fingerprint density at radius 3 is 2.73 bits per heavy atom. The van der Waals surface area contributed by atoms with Gasteiger partial charge < -0.3 is 20.7 Å². The van der Waals surface area contributed by atoms with Crippen molar-refractivity contribution in [2.45, 2.75) is 6.10 Å². The number of rotatable bonds is 3. The van der Waals surface area contributed by atoms with Crippen LogP contribution in [0.3, 0.4) is 0 Å². The molecule has 0 saturated heterocycles. The minimum atomic E-state index is -0.983. The average Bonchev–Trinajstić information content (AvgIpc) is 2.27. The van der Waals surface area contributed by atoms with E-state index in [1.54, 1.807) is 0 Å². The number of phenols is 1. The van der Waals surface area contributed by atoms with Gasteiger partial charge in [0.25, 0.3) is 0 Å². The van der Waals surface area contributed by atoms with Gasteiger partial charge >= 0.3 is 0 Å². The fraction of sp³-hybridized carbons (Fsp3) is 0.300. The third-order valence-electron chi connectivity index (χ3n) is 2.05. The van der Waals surface area contributed by atoms with Crippen LogP contribution in [-0.2, 0) is 0 Å². The lowest BCUT2D eigenvalue weighted by Gasteiger charge is -2.12. The van der Waals surface area contributed by atoms with Crippen LogP contribution in [0.2, 0.25) is 0 Å². The van der Waals surface area contributed by atoms with Gasteiger partial charge in [-0.15, -0.1) is 0 Å². The van der Waals surface area contributed by atoms with Crippen LogP contribution in [0.15, 0.2) is 12.1 Å². The van der Waals surface area contributed by atoms with Crippen molar-refractivity contribution < 1.29 is 14.9 Å². The van der Waals surface area contributed by atoms with E-state index in [2.05, 4.69) is 0 Å². The van der Waals surface area contributed by atoms with Crippen LogP contribution in [0.1, 0.15) is 17.2 Å². The second kappa shape index (κ2) is 4.64. The summed E-state index contributed by atoms with van der Waals surface area (Å²) in [5.41, 5.74) is 5.74. The molecule has 5 heteroatoms. The van der Waals surface area contributed by atoms with Crippen molar-refractivity contribution >= 4 is 0 Å². The summed E-state index contributed by atoms with van der Waals surface area (Å²) in [6.07, 6.45) is -0.983. The number of aliphatic hydroxyl groups excluding tert-OH is 1. The van der Waals surface area contributed by atoms with Crippen molar-refractivity contribution in [3.8, 4) is 17.6 Å². The third kappa shape index (κ3) is 2.18. The molecule has 1 aromatic carbocycles. The van der Waals surface area contributed by atoms with E-state index < -0.39 is 6.10 Å². The largest absolute Gasteiger partial charge is 0.507 e. The van der Waals surface area contributed by atoms with Crippen LogP contribution in [0, 0.1) is 11.3 Å². The van der Waals surface area contributed by atoms with E-state index in [0.29, 0.717) is 0 Å². The predicted molar refractivity (Wildman–Crippen MR) is 53.4 cm³/mol. The number of ether oxygens (including phenoxy) is 1. The van der Waals surface area contributed by atoms with Crippen molar-refractivity contribution in [3.63, 3.8) is 0 Å². The molecule has 4 N–H and O–H groups in total. The van der Waals surface area contributed by atoms with Crippen LogP contribution >= 0.6 is 0 Å². The van der Waals surface area contributed by atoms with Gasteiger partial charge in [-0.1, -0.05) is 0 Å². The number of nitrogens with zero attached hydrogens (tertiary/aromatic N) is 1. The summed E-state index contributed by atoms with van der Waals surface area (Å²) in [5, 5.41) is 27.8. The van der Waals surface area contributed by atoms with Gasteiger partial charge in [-0.3, -0.25) is 0 Å². The van der Waals surface area contributed by atoms with Crippen molar-refractivity contribution in [1.29, 1.82) is 5.26 Å². The maximum absolute atomic E-state index is 9.54. The van der Waals surface area contributed by atoms with Gasteiger partial charge in [0.05, 0.1) is 18.8 Å². The Kier molecular flexibility index (Phi) is 3.50. The van der Waals surface area contributed by atoms with Gasteiger partial charge in [-0.05, 0) is 6.07 Å². The summed E-state index contributed by atoms with van der Waals surface area (Å²) in [5.74, 6) is 0.131. The van der Waals surface area contributed by atoms with E-state index in [9.17, 15) is 10.2 Å². The third-order valence-corrected chi connectivity index (χ3v) is 2.05. The molecular formula is C10H12N2O3. The maximum atomic E-state index is 9.54. The van der Waals surface area contributed by atoms with E-state index in [4.69, 9.17) is 15.7 Å². The molecule has 0 saturated carbocycles. The van der Waals surface area contributed by atoms with E-state index in [-0.39, 0.29) is 29.2 Å². The Labute approximate surface area is 87.3 Å². The number of nitriles is 1. The molecule has 1 rings (SSSR count). The monoisotopic (exact) mass is 208 g/mol. The molecule has 0 aromatic heterocycles. The Morgan fingerprint density at radius 1 is 1.60 bits per heavy atom. The second-order valence-electron chi connectivity index (χ2n) is 2.97. The highest BCUT2D eigenvalue weighted by Crippen LogP contribution is 2.31. The van der Waals surface area contributed by atoms with Crippen LogP contribution in [0.5, 0.6) is 11.5 Å². The molecule has 1 atom stereocenters. The van der Waals surface area contributed by atoms with E-state index in [1.807, 2.05) is 6.07 Å². The first kappa shape index (κ1) is 11.3. The number of methoxy groups -OCH3 is 1. The highest BCUT2D eigenvalue weighted by molar-refractivity contribution is 5.52. The highest BCUT2D eigenvalue weighted by Gasteiger charge is 2.15. The summed E-state index contributed by atoms with van der Waals surface area (Å²) in [6.45, 7) is -0.0231. The molecule has 0 heterocycles. The van der Waals surface area contributed by atoms with Crippen LogP contribution < -0.4 is 10.5 Å². The van der Waals surface area contributed by atoms with Gasteiger partial charge in [0, 0.05) is 18.2 Å². The molecule has 0 aliphatic heterocycles. The van der Waals surface area contributed by atoms with Gasteiger partial charge in [0.15, 0.2) is 0 Å². The smallest absolute Gasteiger partial charge is 0.140 e. The molecule has 0 spiro atoms. The minimum Gasteiger partial charge on any atom is -0.507 e. The van der Waals surface area contributed by atoms with Gasteiger partial charge in [-0.2, -0.15) is 5.26 Å². The van der Waals surface area contributed by atoms with Gasteiger partial charge in [0.1, 0.15) is 17.6 Å². The molecule has 1 unspecified atom stereocenters. The molecule has 0 aliphatic carbocycles. The van der Waals surface area contributed by atoms with Crippen LogP contribution in [0.4, 0.5) is 0 Å². The number of aromatic hydroxyl groups is 1. The molecule has 1 aromatic rings. The lowest BCUT2D eigenvalue weighted by Crippen LogP contribution is -2.12. The maximum Gasteiger partial charge on any atom is 0.140 e. The lowest BCUT2D eigenvalue weighted by molar-refractivity contribution is 0.182. The Balaban J connectivity index is 3.27. The fourth-order valence-corrected chi connectivity index (χ4v) is 1.24. The van der Waals surface area contributed by atoms with Gasteiger partial charge in [-0.25, -0.2) is 0 Å². The average molecular weight is 208 g/mol. The zero-order chi connectivity index (χ0) is 11.4. The van der Waals surface area contributed by atoms with E-state index in [0.717, 1.165) is 0 Å². The number of nitrogens with two attached hydrogens (primary N) is 1. The Morgan fingerprint density at radius 2 is 2.27 bits per heavy atom. The number of hydrogen-bond donors (Lipinski definition) is 3. The number of phenolic OH excluding ortho intramolecular Hbond substituents is 1. The van der Waals surface area contributed by atoms with Crippen molar-refractivity contribution in [3.05, 3.63) is 23.3 Å². The molecule has 0 radical (unpaired) electrons. The van der Waals surface area contributed by atoms with Crippen molar-refractivity contribution in [2.24, 2.45) is 5.73 Å². The topological polar surface area (TPSA) is 99.5 Å². The molecule has 0 aliphatic rings. The summed E-state index contributed by atoms with van der Waals surface area (Å²) in [6, 6.07) is 4.56. The normalized spacial score (nSPS) is 11.9. The van der Waals surface area contributed by atoms with Crippen LogP contribution in [-0.4, -0.2) is 23.9 Å². The fourth-order valence-electron chi connectivity index (χ4n) is 1.24. The van der Waals surface area contributed by atoms with E-state index >= 15 is 0 Å². The Hall–Kier alpha value is -1.77. The second-order valence-corrected chi connectivity index (χ2v) is 2.97. The number of benzene rings is 1. The molecule has 0 bridgehead atoms. The molecule has 5 nitrogen and oxygen atoms in total. The molecular weight excluding hydrogens is 196 g/mol. The highest BCUT2D eigenvalue weighted by atomic mass is 16.5. The zero-order valence-corrected chi connectivity index (χ0v) is 8.27. The standard InChI is InChI=1S/C10H12N2O3/c1-15-10-3-8(13)7(9(14)5-12)2-6(10)4-11/h2-3,9,13-14H,5,12H2,1H3. The predicted octanol–water partition coefficient (Wildman–Crippen LogP) is 0.265. The first-order chi connectivity index (χ1) is 7.13. The first-order valence-corrected chi connectivity index (χ1v) is 4.33. The quantitative estimate of drug-likeness (QED) is 0.661. The lowest BCUT2D eigenvalue weighted by atomic mass is 10.0. The first-order valence-electron chi connectivity index (χ1n) is 4.33. The van der Waals surface area contributed by atoms with Crippen LogP contribution in [0.25, 0.3) is 0 Å². The molecule has 15 heavy (non-hydrogen) atoms. The van der Waals surface area contributed by atoms with E-state index in [1.165, 1.54) is 19.2 Å². The Bertz CT molecular complexity index is 398. The summed E-state index contributed by atoms with van der Waals surface area (Å²) in [7, 11) is 1.40. The summed E-state index contributed by atoms with van der Waals surface area (Å²) >= 11 is 0. The molecule has 80 valence electrons. The van der Waals surface area contributed by atoms with Crippen molar-refractivity contribution in [1.82, 2.24) is 0 Å². The van der Waals surface area contributed by atoms with Crippen molar-refractivity contribution in [2.75, 3.05) is 13.7 Å². The number of aliphatic hydroxyl groups is 1. The molecule has 0 amide bonds. The summed E-state index contributed by atoms with van der Waals surface area (Å²) < 4.78 is 4.89. The minimum absolute atomic E-state index is 0.0231. The number of hydrogen-bond acceptors (Lipinski definition) is 5.